The molecule has 1 fully saturated rings. The summed E-state index contributed by atoms with van der Waals surface area (Å²) in [5.41, 5.74) is 1.67. The minimum atomic E-state index is 0.0237. The van der Waals surface area contributed by atoms with E-state index in [1.54, 1.807) is 0 Å². The molecule has 0 saturated carbocycles. The maximum atomic E-state index is 12.1. The molecule has 1 aliphatic rings. The first-order valence-corrected chi connectivity index (χ1v) is 8.29. The highest BCUT2D eigenvalue weighted by molar-refractivity contribution is 5.76. The second kappa shape index (κ2) is 6.39. The van der Waals surface area contributed by atoms with Crippen molar-refractivity contribution in [2.24, 2.45) is 0 Å². The van der Waals surface area contributed by atoms with Gasteiger partial charge in [0.05, 0.1) is 6.04 Å². The largest absolute Gasteiger partial charge is 0.423 e. The Labute approximate surface area is 140 Å². The summed E-state index contributed by atoms with van der Waals surface area (Å²) in [6.45, 7) is 1.87. The quantitative estimate of drug-likeness (QED) is 0.783. The van der Waals surface area contributed by atoms with Gasteiger partial charge in [0.2, 0.25) is 5.91 Å². The van der Waals surface area contributed by atoms with Crippen molar-refractivity contribution in [3.8, 4) is 0 Å². The number of fused-ring (bicyclic) bond motifs is 1. The number of hydrogen-bond acceptors (Lipinski definition) is 4. The summed E-state index contributed by atoms with van der Waals surface area (Å²) >= 11 is 0. The molecule has 0 bridgehead atoms. The number of hydrogen-bond donors (Lipinski definition) is 1. The molecule has 1 amide bonds. The fourth-order valence-corrected chi connectivity index (χ4v) is 3.21. The maximum Gasteiger partial charge on any atom is 0.298 e. The molecule has 1 N–H and O–H groups in total. The van der Waals surface area contributed by atoms with Gasteiger partial charge in [-0.3, -0.25) is 4.79 Å². The summed E-state index contributed by atoms with van der Waals surface area (Å²) in [5.74, 6) is 0.0237. The van der Waals surface area contributed by atoms with Crippen LogP contribution in [-0.2, 0) is 11.3 Å². The molecule has 3 aromatic rings. The van der Waals surface area contributed by atoms with Crippen LogP contribution in [0.4, 0.5) is 6.01 Å². The SMILES string of the molecule is O=C(Cn1cccc1)NC[C@H]1CCCN1c1nc2ccccc2o1. The van der Waals surface area contributed by atoms with Crippen LogP contribution in [0.2, 0.25) is 0 Å². The Hall–Kier alpha value is -2.76. The van der Waals surface area contributed by atoms with Gasteiger partial charge in [-0.15, -0.1) is 0 Å². The van der Waals surface area contributed by atoms with Crippen LogP contribution in [0.5, 0.6) is 0 Å². The van der Waals surface area contributed by atoms with Gasteiger partial charge < -0.3 is 19.2 Å². The molecule has 1 aromatic carbocycles. The number of carbonyl (C=O) groups is 1. The average molecular weight is 324 g/mol. The Balaban J connectivity index is 1.40. The molecule has 4 rings (SSSR count). The van der Waals surface area contributed by atoms with E-state index in [4.69, 9.17) is 4.42 Å². The minimum absolute atomic E-state index is 0.0237. The summed E-state index contributed by atoms with van der Waals surface area (Å²) < 4.78 is 7.74. The zero-order chi connectivity index (χ0) is 16.4. The van der Waals surface area contributed by atoms with E-state index in [0.717, 1.165) is 30.5 Å². The number of benzene rings is 1. The van der Waals surface area contributed by atoms with Crippen molar-refractivity contribution in [3.05, 3.63) is 48.8 Å². The third-order valence-corrected chi connectivity index (χ3v) is 4.43. The zero-order valence-corrected chi connectivity index (χ0v) is 13.4. The number of aromatic nitrogens is 2. The zero-order valence-electron chi connectivity index (χ0n) is 13.4. The normalized spacial score (nSPS) is 17.5. The van der Waals surface area contributed by atoms with Crippen LogP contribution in [0, 0.1) is 0 Å². The van der Waals surface area contributed by atoms with Crippen LogP contribution in [0.3, 0.4) is 0 Å². The van der Waals surface area contributed by atoms with Crippen LogP contribution in [0.15, 0.2) is 53.2 Å². The Morgan fingerprint density at radius 2 is 2.08 bits per heavy atom. The number of anilines is 1. The smallest absolute Gasteiger partial charge is 0.298 e. The van der Waals surface area contributed by atoms with E-state index in [9.17, 15) is 4.79 Å². The lowest BCUT2D eigenvalue weighted by Gasteiger charge is -2.23. The molecule has 0 spiro atoms. The van der Waals surface area contributed by atoms with E-state index < -0.39 is 0 Å². The molecule has 0 radical (unpaired) electrons. The summed E-state index contributed by atoms with van der Waals surface area (Å²) in [7, 11) is 0. The van der Waals surface area contributed by atoms with Crippen LogP contribution >= 0.6 is 0 Å². The van der Waals surface area contributed by atoms with Gasteiger partial charge in [-0.25, -0.2) is 0 Å². The van der Waals surface area contributed by atoms with E-state index in [1.807, 2.05) is 53.4 Å². The topological polar surface area (TPSA) is 63.3 Å². The summed E-state index contributed by atoms with van der Waals surface area (Å²) in [6.07, 6.45) is 5.89. The van der Waals surface area contributed by atoms with Gasteiger partial charge >= 0.3 is 0 Å². The van der Waals surface area contributed by atoms with Gasteiger partial charge in [0.25, 0.3) is 6.01 Å². The van der Waals surface area contributed by atoms with Gasteiger partial charge in [-0.1, -0.05) is 12.1 Å². The minimum Gasteiger partial charge on any atom is -0.423 e. The molecular formula is C18H20N4O2. The number of nitrogens with one attached hydrogen (secondary N) is 1. The second-order valence-corrected chi connectivity index (χ2v) is 6.11. The van der Waals surface area contributed by atoms with Crippen molar-refractivity contribution < 1.29 is 9.21 Å². The molecule has 1 saturated heterocycles. The maximum absolute atomic E-state index is 12.1. The number of carbonyl (C=O) groups excluding carboxylic acids is 1. The van der Waals surface area contributed by atoms with Crippen molar-refractivity contribution in [3.63, 3.8) is 0 Å². The van der Waals surface area contributed by atoms with Crippen molar-refractivity contribution in [2.75, 3.05) is 18.0 Å². The number of para-hydroxylation sites is 2. The Morgan fingerprint density at radius 1 is 1.25 bits per heavy atom. The molecule has 124 valence electrons. The highest BCUT2D eigenvalue weighted by atomic mass is 16.4. The Kier molecular flexibility index (Phi) is 3.94. The third-order valence-electron chi connectivity index (χ3n) is 4.43. The molecule has 6 nitrogen and oxygen atoms in total. The van der Waals surface area contributed by atoms with Gasteiger partial charge in [0.1, 0.15) is 12.1 Å². The van der Waals surface area contributed by atoms with E-state index >= 15 is 0 Å². The third kappa shape index (κ3) is 2.99. The lowest BCUT2D eigenvalue weighted by molar-refractivity contribution is -0.121. The summed E-state index contributed by atoms with van der Waals surface area (Å²) in [4.78, 5) is 18.8. The first-order valence-electron chi connectivity index (χ1n) is 8.29. The highest BCUT2D eigenvalue weighted by Gasteiger charge is 2.28. The van der Waals surface area contributed by atoms with Crippen molar-refractivity contribution in [1.82, 2.24) is 14.9 Å². The van der Waals surface area contributed by atoms with E-state index in [-0.39, 0.29) is 11.9 Å². The molecule has 3 heterocycles. The first-order chi connectivity index (χ1) is 11.8. The van der Waals surface area contributed by atoms with Gasteiger partial charge in [0.15, 0.2) is 5.58 Å². The summed E-state index contributed by atoms with van der Waals surface area (Å²) in [6, 6.07) is 12.5. The van der Waals surface area contributed by atoms with Crippen LogP contribution < -0.4 is 10.2 Å². The monoisotopic (exact) mass is 324 g/mol. The molecule has 1 atom stereocenters. The van der Waals surface area contributed by atoms with E-state index in [2.05, 4.69) is 15.2 Å². The van der Waals surface area contributed by atoms with Crippen LogP contribution in [-0.4, -0.2) is 34.6 Å². The molecular weight excluding hydrogens is 304 g/mol. The van der Waals surface area contributed by atoms with Crippen molar-refractivity contribution >= 4 is 23.0 Å². The fraction of sp³-hybridized carbons (Fsp3) is 0.333. The second-order valence-electron chi connectivity index (χ2n) is 6.11. The molecule has 6 heteroatoms. The first kappa shape index (κ1) is 14.8. The number of nitrogens with zero attached hydrogens (tertiary/aromatic N) is 3. The Morgan fingerprint density at radius 3 is 2.92 bits per heavy atom. The standard InChI is InChI=1S/C18H20N4O2/c23-17(13-21-9-3-4-10-21)19-12-14-6-5-11-22(14)18-20-15-7-1-2-8-16(15)24-18/h1-4,7-10,14H,5-6,11-13H2,(H,19,23)/t14-/m1/s1. The van der Waals surface area contributed by atoms with Crippen molar-refractivity contribution in [1.29, 1.82) is 0 Å². The molecule has 2 aromatic heterocycles. The van der Waals surface area contributed by atoms with Crippen LogP contribution in [0.25, 0.3) is 11.1 Å². The molecule has 0 aliphatic carbocycles. The van der Waals surface area contributed by atoms with Gasteiger partial charge in [-0.2, -0.15) is 4.98 Å². The molecule has 1 aliphatic heterocycles. The van der Waals surface area contributed by atoms with Crippen molar-refractivity contribution in [2.45, 2.75) is 25.4 Å². The Bertz CT molecular complexity index is 792. The molecule has 24 heavy (non-hydrogen) atoms. The predicted molar refractivity (Wildman–Crippen MR) is 91.8 cm³/mol. The van der Waals surface area contributed by atoms with Gasteiger partial charge in [0, 0.05) is 25.5 Å². The fourth-order valence-electron chi connectivity index (χ4n) is 3.21. The highest BCUT2D eigenvalue weighted by Crippen LogP contribution is 2.27. The number of rotatable bonds is 5. The molecule has 0 unspecified atom stereocenters. The summed E-state index contributed by atoms with van der Waals surface area (Å²) in [5, 5.41) is 3.03. The lowest BCUT2D eigenvalue weighted by Crippen LogP contribution is -2.41. The average Bonchev–Trinajstić information content (AvgIpc) is 3.32. The number of amides is 1. The van der Waals surface area contributed by atoms with E-state index in [1.165, 1.54) is 0 Å². The van der Waals surface area contributed by atoms with Gasteiger partial charge in [-0.05, 0) is 37.1 Å². The lowest BCUT2D eigenvalue weighted by atomic mass is 10.2. The predicted octanol–water partition coefficient (Wildman–Crippen LogP) is 2.41. The van der Waals surface area contributed by atoms with Crippen LogP contribution in [0.1, 0.15) is 12.8 Å². The number of oxazole rings is 1. The van der Waals surface area contributed by atoms with E-state index in [0.29, 0.717) is 19.1 Å².